The van der Waals surface area contributed by atoms with Gasteiger partial charge in [0, 0.05) is 18.3 Å². The van der Waals surface area contributed by atoms with Crippen LogP contribution >= 0.6 is 0 Å². The molecule has 1 aliphatic rings. The van der Waals surface area contributed by atoms with Crippen molar-refractivity contribution in [3.63, 3.8) is 0 Å². The van der Waals surface area contributed by atoms with Gasteiger partial charge in [-0.2, -0.15) is 0 Å². The smallest absolute Gasteiger partial charge is 0.106 e. The minimum Gasteiger partial charge on any atom is -0.382 e. The molecule has 1 aromatic carbocycles. The summed E-state index contributed by atoms with van der Waals surface area (Å²) in [6.45, 7) is 7.49. The van der Waals surface area contributed by atoms with Gasteiger partial charge in [-0.3, -0.25) is 0 Å². The fraction of sp³-hybridized carbons (Fsp3) is 0.500. The Hall–Kier alpha value is -1.51. The van der Waals surface area contributed by atoms with Crippen molar-refractivity contribution in [2.45, 2.75) is 46.2 Å². The molecule has 1 aliphatic heterocycles. The Balaban J connectivity index is 2.21. The second kappa shape index (κ2) is 3.76. The van der Waals surface area contributed by atoms with E-state index < -0.39 is 0 Å². The first-order valence-electron chi connectivity index (χ1n) is 6.45. The molecule has 2 heterocycles. The van der Waals surface area contributed by atoms with Crippen LogP contribution < -0.4 is 5.32 Å². The zero-order valence-electron chi connectivity index (χ0n) is 10.7. The molecule has 1 atom stereocenters. The van der Waals surface area contributed by atoms with E-state index in [4.69, 9.17) is 0 Å². The third kappa shape index (κ3) is 1.61. The third-order valence-electron chi connectivity index (χ3n) is 3.73. The van der Waals surface area contributed by atoms with Crippen LogP contribution in [0.15, 0.2) is 12.1 Å². The SMILES string of the molecule is CCn1c(C)nc2cc3c(cc21)CCC(C)N3. The Labute approximate surface area is 102 Å². The lowest BCUT2D eigenvalue weighted by molar-refractivity contribution is 0.681. The lowest BCUT2D eigenvalue weighted by Gasteiger charge is -2.24. The maximum atomic E-state index is 4.64. The van der Waals surface area contributed by atoms with Gasteiger partial charge in [-0.25, -0.2) is 4.98 Å². The number of hydrogen-bond acceptors (Lipinski definition) is 2. The van der Waals surface area contributed by atoms with E-state index in [0.717, 1.165) is 17.9 Å². The van der Waals surface area contributed by atoms with Crippen molar-refractivity contribution in [3.8, 4) is 0 Å². The van der Waals surface area contributed by atoms with E-state index >= 15 is 0 Å². The molecular formula is C14H19N3. The van der Waals surface area contributed by atoms with Crippen molar-refractivity contribution in [1.29, 1.82) is 0 Å². The van der Waals surface area contributed by atoms with Crippen LogP contribution in [0.5, 0.6) is 0 Å². The van der Waals surface area contributed by atoms with E-state index in [9.17, 15) is 0 Å². The normalized spacial score (nSPS) is 19.1. The molecule has 1 unspecified atom stereocenters. The van der Waals surface area contributed by atoms with Crippen LogP contribution in [-0.4, -0.2) is 15.6 Å². The highest BCUT2D eigenvalue weighted by atomic mass is 15.1. The molecule has 90 valence electrons. The van der Waals surface area contributed by atoms with Gasteiger partial charge < -0.3 is 9.88 Å². The molecule has 3 rings (SSSR count). The summed E-state index contributed by atoms with van der Waals surface area (Å²) >= 11 is 0. The van der Waals surface area contributed by atoms with E-state index in [1.165, 1.54) is 29.6 Å². The molecule has 0 aliphatic carbocycles. The van der Waals surface area contributed by atoms with Crippen LogP contribution in [0.4, 0.5) is 5.69 Å². The fourth-order valence-electron chi connectivity index (χ4n) is 2.78. The van der Waals surface area contributed by atoms with Crippen LogP contribution in [0.2, 0.25) is 0 Å². The molecule has 1 N–H and O–H groups in total. The number of aromatic nitrogens is 2. The molecule has 3 nitrogen and oxygen atoms in total. The summed E-state index contributed by atoms with van der Waals surface area (Å²) in [5, 5.41) is 3.55. The van der Waals surface area contributed by atoms with Gasteiger partial charge in [-0.15, -0.1) is 0 Å². The fourth-order valence-corrected chi connectivity index (χ4v) is 2.78. The quantitative estimate of drug-likeness (QED) is 0.814. The topological polar surface area (TPSA) is 29.9 Å². The summed E-state index contributed by atoms with van der Waals surface area (Å²) in [6.07, 6.45) is 2.39. The monoisotopic (exact) mass is 229 g/mol. The Kier molecular flexibility index (Phi) is 2.35. The van der Waals surface area contributed by atoms with E-state index in [1.54, 1.807) is 0 Å². The first kappa shape index (κ1) is 10.6. The summed E-state index contributed by atoms with van der Waals surface area (Å²) in [6, 6.07) is 5.10. The number of nitrogens with zero attached hydrogens (tertiary/aromatic N) is 2. The van der Waals surface area contributed by atoms with Gasteiger partial charge in [0.25, 0.3) is 0 Å². The van der Waals surface area contributed by atoms with Gasteiger partial charge in [0.2, 0.25) is 0 Å². The molecule has 17 heavy (non-hydrogen) atoms. The summed E-state index contributed by atoms with van der Waals surface area (Å²) < 4.78 is 2.29. The van der Waals surface area contributed by atoms with Gasteiger partial charge in [0.05, 0.1) is 11.0 Å². The zero-order chi connectivity index (χ0) is 12.0. The van der Waals surface area contributed by atoms with Crippen LogP contribution in [0.25, 0.3) is 11.0 Å². The maximum absolute atomic E-state index is 4.64. The van der Waals surface area contributed by atoms with Crippen molar-refractivity contribution >= 4 is 16.7 Å². The molecule has 0 bridgehead atoms. The van der Waals surface area contributed by atoms with E-state index in [1.807, 2.05) is 0 Å². The first-order chi connectivity index (χ1) is 8.19. The van der Waals surface area contributed by atoms with Gasteiger partial charge in [0.15, 0.2) is 0 Å². The van der Waals surface area contributed by atoms with Crippen LogP contribution in [0.3, 0.4) is 0 Å². The number of imidazole rings is 1. The Bertz CT molecular complexity index is 568. The van der Waals surface area contributed by atoms with Gasteiger partial charge >= 0.3 is 0 Å². The lowest BCUT2D eigenvalue weighted by Crippen LogP contribution is -2.21. The Morgan fingerprint density at radius 3 is 3.06 bits per heavy atom. The summed E-state index contributed by atoms with van der Waals surface area (Å²) in [7, 11) is 0. The predicted molar refractivity (Wildman–Crippen MR) is 71.5 cm³/mol. The van der Waals surface area contributed by atoms with Crippen molar-refractivity contribution < 1.29 is 0 Å². The standard InChI is InChI=1S/C14H19N3/c1-4-17-10(3)16-13-8-12-11(7-14(13)17)6-5-9(2)15-12/h7-9,15H,4-6H2,1-3H3. The lowest BCUT2D eigenvalue weighted by atomic mass is 9.98. The van der Waals surface area contributed by atoms with Crippen LogP contribution in [-0.2, 0) is 13.0 Å². The summed E-state index contributed by atoms with van der Waals surface area (Å²) in [4.78, 5) is 4.64. The van der Waals surface area contributed by atoms with E-state index in [0.29, 0.717) is 6.04 Å². The number of benzene rings is 1. The van der Waals surface area contributed by atoms with Crippen molar-refractivity contribution in [2.75, 3.05) is 5.32 Å². The van der Waals surface area contributed by atoms with E-state index in [-0.39, 0.29) is 0 Å². The molecule has 0 fully saturated rings. The van der Waals surface area contributed by atoms with Gasteiger partial charge in [0.1, 0.15) is 5.82 Å². The molecule has 0 amide bonds. The average Bonchev–Trinajstić information content (AvgIpc) is 2.60. The van der Waals surface area contributed by atoms with Crippen molar-refractivity contribution in [2.24, 2.45) is 0 Å². The molecule has 1 aromatic heterocycles. The Morgan fingerprint density at radius 2 is 2.29 bits per heavy atom. The highest BCUT2D eigenvalue weighted by Crippen LogP contribution is 2.29. The summed E-state index contributed by atoms with van der Waals surface area (Å²) in [5.74, 6) is 1.11. The second-order valence-electron chi connectivity index (χ2n) is 4.99. The van der Waals surface area contributed by atoms with Crippen molar-refractivity contribution in [1.82, 2.24) is 9.55 Å². The van der Waals surface area contributed by atoms with Gasteiger partial charge in [-0.1, -0.05) is 0 Å². The molecule has 0 saturated carbocycles. The maximum Gasteiger partial charge on any atom is 0.106 e. The minimum absolute atomic E-state index is 0.578. The molecule has 0 spiro atoms. The molecule has 0 radical (unpaired) electrons. The summed E-state index contributed by atoms with van der Waals surface area (Å²) in [5.41, 5.74) is 5.10. The molecule has 0 saturated heterocycles. The first-order valence-corrected chi connectivity index (χ1v) is 6.45. The highest BCUT2D eigenvalue weighted by molar-refractivity contribution is 5.82. The van der Waals surface area contributed by atoms with Gasteiger partial charge in [-0.05, 0) is 51.3 Å². The van der Waals surface area contributed by atoms with E-state index in [2.05, 4.69) is 47.8 Å². The Morgan fingerprint density at radius 1 is 1.47 bits per heavy atom. The third-order valence-corrected chi connectivity index (χ3v) is 3.73. The number of hydrogen-bond donors (Lipinski definition) is 1. The van der Waals surface area contributed by atoms with Crippen LogP contribution in [0, 0.1) is 6.92 Å². The zero-order valence-corrected chi connectivity index (χ0v) is 10.7. The minimum atomic E-state index is 0.578. The molecule has 2 aromatic rings. The second-order valence-corrected chi connectivity index (χ2v) is 4.99. The number of nitrogens with one attached hydrogen (secondary N) is 1. The predicted octanol–water partition coefficient (Wildman–Crippen LogP) is 3.11. The molecule has 3 heteroatoms. The highest BCUT2D eigenvalue weighted by Gasteiger charge is 2.16. The number of rotatable bonds is 1. The molecular weight excluding hydrogens is 210 g/mol. The number of fused-ring (bicyclic) bond motifs is 2. The number of aryl methyl sites for hydroxylation is 3. The largest absolute Gasteiger partial charge is 0.382 e. The number of anilines is 1. The van der Waals surface area contributed by atoms with Crippen molar-refractivity contribution in [3.05, 3.63) is 23.5 Å². The van der Waals surface area contributed by atoms with Crippen LogP contribution in [0.1, 0.15) is 31.7 Å². The average molecular weight is 229 g/mol.